The van der Waals surface area contributed by atoms with Crippen LogP contribution >= 0.6 is 11.6 Å². The molecule has 0 aromatic heterocycles. The molecule has 0 saturated carbocycles. The minimum Gasteiger partial charge on any atom is -0.511 e. The van der Waals surface area contributed by atoms with Crippen molar-refractivity contribution in [1.82, 2.24) is 0 Å². The normalized spacial score (nSPS) is 9.92. The van der Waals surface area contributed by atoms with Gasteiger partial charge in [-0.05, 0) is 24.6 Å². The monoisotopic (exact) mass is 204 g/mol. The molecule has 0 unspecified atom stereocenters. The summed E-state index contributed by atoms with van der Waals surface area (Å²) in [5.41, 5.74) is 0.319. The van der Waals surface area contributed by atoms with Crippen LogP contribution in [0.25, 0.3) is 0 Å². The number of benzene rings is 1. The maximum Gasteiger partial charge on any atom is 0.707 e. The molecule has 0 saturated heterocycles. The topological polar surface area (TPSA) is 49.7 Å². The zero-order valence-corrected chi connectivity index (χ0v) is 7.55. The maximum atomic E-state index is 12.8. The molecule has 6 heteroatoms. The molecule has 1 aromatic carbocycles. The molecule has 0 fully saturated rings. The van der Waals surface area contributed by atoms with Crippen molar-refractivity contribution >= 4 is 18.9 Å². The molecule has 3 nitrogen and oxygen atoms in total. The van der Waals surface area contributed by atoms with Crippen molar-refractivity contribution < 1.29 is 19.1 Å². The van der Waals surface area contributed by atoms with Gasteiger partial charge in [0.2, 0.25) is 0 Å². The van der Waals surface area contributed by atoms with Crippen molar-refractivity contribution in [3.8, 4) is 5.75 Å². The number of aryl methyl sites for hydroxylation is 1. The van der Waals surface area contributed by atoms with Gasteiger partial charge in [0.05, 0.1) is 5.02 Å². The molecule has 0 aliphatic rings. The highest BCUT2D eigenvalue weighted by molar-refractivity contribution is 6.36. The number of hydrogen-bond acceptors (Lipinski definition) is 3. The second kappa shape index (κ2) is 3.96. The lowest BCUT2D eigenvalue weighted by Gasteiger charge is -2.07. The highest BCUT2D eigenvalue weighted by atomic mass is 35.5. The summed E-state index contributed by atoms with van der Waals surface area (Å²) in [4.78, 5) is 0. The summed E-state index contributed by atoms with van der Waals surface area (Å²) in [6.45, 7) is 1.52. The van der Waals surface area contributed by atoms with Crippen LogP contribution in [-0.4, -0.2) is 17.4 Å². The summed E-state index contributed by atoms with van der Waals surface area (Å²) in [6, 6.07) is 2.34. The molecular formula is C7H7BClFO3. The van der Waals surface area contributed by atoms with Crippen LogP contribution in [0.1, 0.15) is 5.56 Å². The quantitative estimate of drug-likeness (QED) is 0.710. The summed E-state index contributed by atoms with van der Waals surface area (Å²) in [6.07, 6.45) is 0. The van der Waals surface area contributed by atoms with Crippen LogP contribution in [0.5, 0.6) is 5.75 Å². The van der Waals surface area contributed by atoms with E-state index in [-0.39, 0.29) is 10.8 Å². The highest BCUT2D eigenvalue weighted by Gasteiger charge is 2.15. The van der Waals surface area contributed by atoms with Gasteiger partial charge >= 0.3 is 7.32 Å². The zero-order valence-electron chi connectivity index (χ0n) is 6.79. The minimum atomic E-state index is -1.96. The van der Waals surface area contributed by atoms with Gasteiger partial charge in [0.25, 0.3) is 0 Å². The Labute approximate surface area is 79.9 Å². The van der Waals surface area contributed by atoms with Gasteiger partial charge in [-0.3, -0.25) is 0 Å². The fraction of sp³-hybridized carbons (Fsp3) is 0.143. The highest BCUT2D eigenvalue weighted by Crippen LogP contribution is 2.27. The molecular weight excluding hydrogens is 197 g/mol. The first-order chi connectivity index (χ1) is 6.00. The van der Waals surface area contributed by atoms with Crippen LogP contribution in [0.2, 0.25) is 5.02 Å². The van der Waals surface area contributed by atoms with Gasteiger partial charge in [-0.25, -0.2) is 4.39 Å². The molecule has 1 rings (SSSR count). The minimum absolute atomic E-state index is 0.00352. The van der Waals surface area contributed by atoms with Crippen LogP contribution in [0.4, 0.5) is 4.39 Å². The first-order valence-electron chi connectivity index (χ1n) is 3.49. The van der Waals surface area contributed by atoms with Crippen LogP contribution in [-0.2, 0) is 0 Å². The van der Waals surface area contributed by atoms with E-state index in [2.05, 4.69) is 4.65 Å². The van der Waals surface area contributed by atoms with Crippen molar-refractivity contribution in [3.63, 3.8) is 0 Å². The first kappa shape index (κ1) is 10.3. The summed E-state index contributed by atoms with van der Waals surface area (Å²) >= 11 is 5.56. The smallest absolute Gasteiger partial charge is 0.511 e. The Balaban J connectivity index is 3.01. The second-order valence-electron chi connectivity index (χ2n) is 2.48. The molecule has 2 N–H and O–H groups in total. The fourth-order valence-electron chi connectivity index (χ4n) is 0.835. The molecule has 0 bridgehead atoms. The van der Waals surface area contributed by atoms with E-state index in [1.165, 1.54) is 13.0 Å². The van der Waals surface area contributed by atoms with Gasteiger partial charge in [0.1, 0.15) is 11.6 Å². The molecule has 0 amide bonds. The molecule has 0 atom stereocenters. The molecule has 0 aliphatic carbocycles. The molecule has 0 heterocycles. The van der Waals surface area contributed by atoms with E-state index in [0.717, 1.165) is 6.07 Å². The molecule has 0 spiro atoms. The lowest BCUT2D eigenvalue weighted by Crippen LogP contribution is -2.20. The van der Waals surface area contributed by atoms with Crippen LogP contribution in [0.3, 0.4) is 0 Å². The Bertz CT molecular complexity index is 319. The van der Waals surface area contributed by atoms with Crippen molar-refractivity contribution in [3.05, 3.63) is 28.5 Å². The Morgan fingerprint density at radius 1 is 1.46 bits per heavy atom. The van der Waals surface area contributed by atoms with Crippen molar-refractivity contribution in [1.29, 1.82) is 0 Å². The predicted molar refractivity (Wildman–Crippen MR) is 47.0 cm³/mol. The van der Waals surface area contributed by atoms with Gasteiger partial charge in [-0.15, -0.1) is 0 Å². The Morgan fingerprint density at radius 2 is 2.08 bits per heavy atom. The zero-order chi connectivity index (χ0) is 10.0. The second-order valence-corrected chi connectivity index (χ2v) is 2.88. The maximum absolute atomic E-state index is 12.8. The molecule has 1 aromatic rings. The average Bonchev–Trinajstić information content (AvgIpc) is 1.99. The predicted octanol–water partition coefficient (Wildman–Crippen LogP) is 1.14. The first-order valence-corrected chi connectivity index (χ1v) is 3.87. The number of rotatable bonds is 2. The summed E-state index contributed by atoms with van der Waals surface area (Å²) in [5, 5.41) is 16.9. The lowest BCUT2D eigenvalue weighted by molar-refractivity contribution is 0.288. The number of halogens is 2. The summed E-state index contributed by atoms with van der Waals surface area (Å²) in [7, 11) is -1.96. The molecule has 0 aliphatic heterocycles. The average molecular weight is 204 g/mol. The van der Waals surface area contributed by atoms with E-state index < -0.39 is 13.1 Å². The number of hydrogen-bond donors (Lipinski definition) is 2. The third-order valence-electron chi connectivity index (χ3n) is 1.45. The van der Waals surface area contributed by atoms with E-state index in [9.17, 15) is 4.39 Å². The Kier molecular flexibility index (Phi) is 3.14. The largest absolute Gasteiger partial charge is 0.707 e. The van der Waals surface area contributed by atoms with Crippen molar-refractivity contribution in [2.75, 3.05) is 0 Å². The lowest BCUT2D eigenvalue weighted by atomic mass is 10.2. The van der Waals surface area contributed by atoms with Gasteiger partial charge in [-0.2, -0.15) is 0 Å². The van der Waals surface area contributed by atoms with Gasteiger partial charge in [-0.1, -0.05) is 11.6 Å². The van der Waals surface area contributed by atoms with Crippen molar-refractivity contribution in [2.45, 2.75) is 6.92 Å². The van der Waals surface area contributed by atoms with Gasteiger partial charge in [0, 0.05) is 0 Å². The standard InChI is InChI=1S/C7H7BClFO3/c1-4-2-7(13-8(11)12)5(9)3-6(4)10/h2-3,11-12H,1H3. The van der Waals surface area contributed by atoms with Gasteiger partial charge < -0.3 is 14.7 Å². The Morgan fingerprint density at radius 3 is 2.62 bits per heavy atom. The SMILES string of the molecule is Cc1cc(OB(O)O)c(Cl)cc1F. The fourth-order valence-corrected chi connectivity index (χ4v) is 1.03. The third-order valence-corrected chi connectivity index (χ3v) is 1.74. The Hall–Kier alpha value is -0.775. The van der Waals surface area contributed by atoms with Crippen molar-refractivity contribution in [2.24, 2.45) is 0 Å². The van der Waals surface area contributed by atoms with E-state index in [0.29, 0.717) is 5.56 Å². The third kappa shape index (κ3) is 2.58. The van der Waals surface area contributed by atoms with E-state index in [4.69, 9.17) is 21.6 Å². The summed E-state index contributed by atoms with van der Waals surface area (Å²) in [5.74, 6) is -0.430. The van der Waals surface area contributed by atoms with Crippen LogP contribution < -0.4 is 4.65 Å². The molecule has 70 valence electrons. The van der Waals surface area contributed by atoms with Crippen LogP contribution in [0, 0.1) is 12.7 Å². The summed E-state index contributed by atoms with van der Waals surface area (Å²) < 4.78 is 17.3. The van der Waals surface area contributed by atoms with E-state index in [1.54, 1.807) is 0 Å². The van der Waals surface area contributed by atoms with Crippen LogP contribution in [0.15, 0.2) is 12.1 Å². The van der Waals surface area contributed by atoms with E-state index in [1.807, 2.05) is 0 Å². The molecule has 0 radical (unpaired) electrons. The molecule has 13 heavy (non-hydrogen) atoms. The van der Waals surface area contributed by atoms with Gasteiger partial charge in [0.15, 0.2) is 0 Å². The van der Waals surface area contributed by atoms with E-state index >= 15 is 0 Å².